The molecule has 3 heterocycles. The molecule has 2 aliphatic rings. The molecule has 1 fully saturated rings. The van der Waals surface area contributed by atoms with Crippen molar-refractivity contribution >= 4 is 11.8 Å². The third kappa shape index (κ3) is 4.34. The first-order chi connectivity index (χ1) is 14.0. The Kier molecular flexibility index (Phi) is 5.67. The summed E-state index contributed by atoms with van der Waals surface area (Å²) in [6, 6.07) is 9.97. The standard InChI is InChI=1S/C22H28N4O3/c1-16-6-3-4-7-18(16)13-25(15-20-8-5-11-29-20)22(28)21-12-19-14-24(17(2)27)9-10-26(19)23-21/h3-4,6-7,12,20H,5,8-11,13-15H2,1-2H3. The van der Waals surface area contributed by atoms with Gasteiger partial charge < -0.3 is 14.5 Å². The predicted octanol–water partition coefficient (Wildman–Crippen LogP) is 2.38. The molecule has 2 amide bonds. The predicted molar refractivity (Wildman–Crippen MR) is 108 cm³/mol. The van der Waals surface area contributed by atoms with Crippen LogP contribution < -0.4 is 0 Å². The molecule has 154 valence electrons. The molecule has 0 aliphatic carbocycles. The SMILES string of the molecule is CC(=O)N1CCn2nc(C(=O)N(Cc3ccccc3C)CC3CCCO3)cc2C1. The second kappa shape index (κ2) is 8.37. The van der Waals surface area contributed by atoms with Crippen LogP contribution >= 0.6 is 0 Å². The quantitative estimate of drug-likeness (QED) is 0.778. The van der Waals surface area contributed by atoms with Crippen LogP contribution in [-0.4, -0.2) is 57.2 Å². The maximum Gasteiger partial charge on any atom is 0.274 e. The van der Waals surface area contributed by atoms with E-state index in [-0.39, 0.29) is 17.9 Å². The highest BCUT2D eigenvalue weighted by Crippen LogP contribution is 2.20. The number of benzene rings is 1. The van der Waals surface area contributed by atoms with E-state index in [4.69, 9.17) is 4.74 Å². The molecule has 1 aromatic carbocycles. The van der Waals surface area contributed by atoms with Crippen LogP contribution in [0.5, 0.6) is 0 Å². The zero-order chi connectivity index (χ0) is 20.4. The minimum atomic E-state index is -0.0833. The van der Waals surface area contributed by atoms with Crippen molar-refractivity contribution in [2.24, 2.45) is 0 Å². The second-order valence-electron chi connectivity index (χ2n) is 7.93. The van der Waals surface area contributed by atoms with E-state index in [0.717, 1.165) is 30.7 Å². The average Bonchev–Trinajstić information content (AvgIpc) is 3.37. The molecule has 0 bridgehead atoms. The van der Waals surface area contributed by atoms with Crippen LogP contribution in [0.15, 0.2) is 30.3 Å². The molecule has 2 aromatic rings. The van der Waals surface area contributed by atoms with Gasteiger partial charge in [0.05, 0.1) is 24.9 Å². The molecule has 7 heteroatoms. The van der Waals surface area contributed by atoms with Crippen molar-refractivity contribution in [3.63, 3.8) is 0 Å². The lowest BCUT2D eigenvalue weighted by molar-refractivity contribution is -0.130. The summed E-state index contributed by atoms with van der Waals surface area (Å²) in [5, 5.41) is 4.55. The lowest BCUT2D eigenvalue weighted by atomic mass is 10.1. The Morgan fingerprint density at radius 1 is 1.28 bits per heavy atom. The van der Waals surface area contributed by atoms with Crippen LogP contribution in [0.25, 0.3) is 0 Å². The van der Waals surface area contributed by atoms with Crippen molar-refractivity contribution in [3.05, 3.63) is 52.8 Å². The number of rotatable bonds is 5. The summed E-state index contributed by atoms with van der Waals surface area (Å²) in [6.45, 7) is 7.24. The fraction of sp³-hybridized carbons (Fsp3) is 0.500. The molecule has 1 unspecified atom stereocenters. The number of carbonyl (C=O) groups is 2. The van der Waals surface area contributed by atoms with Crippen molar-refractivity contribution in [2.75, 3.05) is 19.7 Å². The van der Waals surface area contributed by atoms with E-state index in [0.29, 0.717) is 38.4 Å². The number of amides is 2. The van der Waals surface area contributed by atoms with E-state index in [1.165, 1.54) is 5.56 Å². The summed E-state index contributed by atoms with van der Waals surface area (Å²) in [6.07, 6.45) is 2.09. The molecule has 1 saturated heterocycles. The van der Waals surface area contributed by atoms with Gasteiger partial charge in [0.15, 0.2) is 5.69 Å². The van der Waals surface area contributed by atoms with Crippen molar-refractivity contribution in [2.45, 2.75) is 52.4 Å². The third-order valence-corrected chi connectivity index (χ3v) is 5.82. The van der Waals surface area contributed by atoms with E-state index in [9.17, 15) is 9.59 Å². The summed E-state index contributed by atoms with van der Waals surface area (Å²) < 4.78 is 7.65. The number of carbonyl (C=O) groups excluding carboxylic acids is 2. The maximum atomic E-state index is 13.4. The number of ether oxygens (including phenoxy) is 1. The average molecular weight is 396 g/mol. The fourth-order valence-corrected chi connectivity index (χ4v) is 4.05. The Labute approximate surface area is 171 Å². The summed E-state index contributed by atoms with van der Waals surface area (Å²) >= 11 is 0. The Bertz CT molecular complexity index is 901. The molecule has 0 saturated carbocycles. The molecule has 29 heavy (non-hydrogen) atoms. The highest BCUT2D eigenvalue weighted by Gasteiger charge is 2.28. The Morgan fingerprint density at radius 3 is 2.83 bits per heavy atom. The Hall–Kier alpha value is -2.67. The van der Waals surface area contributed by atoms with Crippen LogP contribution in [0.1, 0.15) is 47.1 Å². The van der Waals surface area contributed by atoms with Gasteiger partial charge in [-0.05, 0) is 37.0 Å². The fourth-order valence-electron chi connectivity index (χ4n) is 4.05. The van der Waals surface area contributed by atoms with Gasteiger partial charge in [-0.3, -0.25) is 14.3 Å². The van der Waals surface area contributed by atoms with Gasteiger partial charge in [-0.15, -0.1) is 0 Å². The Morgan fingerprint density at radius 2 is 2.10 bits per heavy atom. The molecule has 1 aromatic heterocycles. The molecular formula is C22H28N4O3. The lowest BCUT2D eigenvalue weighted by Crippen LogP contribution is -2.37. The van der Waals surface area contributed by atoms with Gasteiger partial charge in [0.1, 0.15) is 0 Å². The minimum absolute atomic E-state index is 0.0462. The number of hydrogen-bond donors (Lipinski definition) is 0. The number of aryl methyl sites for hydroxylation is 1. The first-order valence-corrected chi connectivity index (χ1v) is 10.3. The van der Waals surface area contributed by atoms with Crippen LogP contribution in [0.4, 0.5) is 0 Å². The number of aromatic nitrogens is 2. The van der Waals surface area contributed by atoms with Gasteiger partial charge >= 0.3 is 0 Å². The summed E-state index contributed by atoms with van der Waals surface area (Å²) in [5.74, 6) is -0.0371. The van der Waals surface area contributed by atoms with Crippen molar-refractivity contribution in [1.82, 2.24) is 19.6 Å². The van der Waals surface area contributed by atoms with Gasteiger partial charge in [-0.1, -0.05) is 24.3 Å². The maximum absolute atomic E-state index is 13.4. The monoisotopic (exact) mass is 396 g/mol. The molecule has 2 aliphatic heterocycles. The van der Waals surface area contributed by atoms with Gasteiger partial charge in [0.2, 0.25) is 5.91 Å². The Balaban J connectivity index is 1.56. The van der Waals surface area contributed by atoms with E-state index >= 15 is 0 Å². The van der Waals surface area contributed by atoms with E-state index < -0.39 is 0 Å². The first kappa shape index (κ1) is 19.6. The topological polar surface area (TPSA) is 67.7 Å². The van der Waals surface area contributed by atoms with Crippen LogP contribution in [0.3, 0.4) is 0 Å². The molecule has 1 atom stereocenters. The molecular weight excluding hydrogens is 368 g/mol. The number of hydrogen-bond acceptors (Lipinski definition) is 4. The number of fused-ring (bicyclic) bond motifs is 1. The normalized spacial score (nSPS) is 18.6. The molecule has 7 nitrogen and oxygen atoms in total. The minimum Gasteiger partial charge on any atom is -0.376 e. The van der Waals surface area contributed by atoms with Gasteiger partial charge in [0, 0.05) is 33.2 Å². The summed E-state index contributed by atoms with van der Waals surface area (Å²) in [4.78, 5) is 28.7. The van der Waals surface area contributed by atoms with Gasteiger partial charge in [0.25, 0.3) is 5.91 Å². The molecule has 4 rings (SSSR count). The van der Waals surface area contributed by atoms with Gasteiger partial charge in [-0.25, -0.2) is 0 Å². The van der Waals surface area contributed by atoms with Gasteiger partial charge in [-0.2, -0.15) is 5.10 Å². The van der Waals surface area contributed by atoms with Crippen LogP contribution in [0, 0.1) is 6.92 Å². The van der Waals surface area contributed by atoms with E-state index in [1.54, 1.807) is 11.8 Å². The highest BCUT2D eigenvalue weighted by molar-refractivity contribution is 5.92. The summed E-state index contributed by atoms with van der Waals surface area (Å²) in [5.41, 5.74) is 3.64. The van der Waals surface area contributed by atoms with Crippen LogP contribution in [0.2, 0.25) is 0 Å². The molecule has 0 spiro atoms. The highest BCUT2D eigenvalue weighted by atomic mass is 16.5. The summed E-state index contributed by atoms with van der Waals surface area (Å²) in [7, 11) is 0. The smallest absolute Gasteiger partial charge is 0.274 e. The van der Waals surface area contributed by atoms with Crippen molar-refractivity contribution in [3.8, 4) is 0 Å². The molecule has 0 radical (unpaired) electrons. The lowest BCUT2D eigenvalue weighted by Gasteiger charge is -2.26. The van der Waals surface area contributed by atoms with E-state index in [1.807, 2.05) is 27.8 Å². The van der Waals surface area contributed by atoms with Crippen LogP contribution in [-0.2, 0) is 29.2 Å². The molecule has 0 N–H and O–H groups in total. The second-order valence-corrected chi connectivity index (χ2v) is 7.93. The van der Waals surface area contributed by atoms with Crippen molar-refractivity contribution in [1.29, 1.82) is 0 Å². The zero-order valence-electron chi connectivity index (χ0n) is 17.1. The largest absolute Gasteiger partial charge is 0.376 e. The zero-order valence-corrected chi connectivity index (χ0v) is 17.1. The van der Waals surface area contributed by atoms with E-state index in [2.05, 4.69) is 24.2 Å². The third-order valence-electron chi connectivity index (χ3n) is 5.82. The van der Waals surface area contributed by atoms with Crippen molar-refractivity contribution < 1.29 is 14.3 Å². The first-order valence-electron chi connectivity index (χ1n) is 10.3. The number of nitrogens with zero attached hydrogens (tertiary/aromatic N) is 4.